The largest absolute Gasteiger partial charge is 0.461 e. The van der Waals surface area contributed by atoms with Crippen LogP contribution in [0, 0.1) is 5.92 Å². The highest BCUT2D eigenvalue weighted by Crippen LogP contribution is 2.15. The molecule has 0 unspecified atom stereocenters. The van der Waals surface area contributed by atoms with Crippen LogP contribution in [0.3, 0.4) is 0 Å². The topological polar surface area (TPSA) is 59.5 Å². The Balaban J connectivity index is 1.86. The van der Waals surface area contributed by atoms with E-state index in [-0.39, 0.29) is 5.78 Å². The fourth-order valence-corrected chi connectivity index (χ4v) is 1.97. The Kier molecular flexibility index (Phi) is 3.18. The third-order valence-electron chi connectivity index (χ3n) is 2.87. The lowest BCUT2D eigenvalue weighted by molar-refractivity contribution is 0.0916. The van der Waals surface area contributed by atoms with Crippen LogP contribution in [0.25, 0.3) is 0 Å². The fourth-order valence-electron chi connectivity index (χ4n) is 1.97. The molecule has 0 bridgehead atoms. The molecule has 1 fully saturated rings. The first kappa shape index (κ1) is 10.4. The van der Waals surface area contributed by atoms with Crippen molar-refractivity contribution in [3.05, 3.63) is 24.2 Å². The molecule has 0 spiro atoms. The third kappa shape index (κ3) is 2.46. The number of carbonyl (C=O) groups excluding carboxylic acids is 1. The predicted molar refractivity (Wildman–Crippen MR) is 56.6 cm³/mol. The summed E-state index contributed by atoms with van der Waals surface area (Å²) < 4.78 is 5.06. The van der Waals surface area contributed by atoms with Crippen molar-refractivity contribution in [3.63, 3.8) is 0 Å². The molecule has 0 amide bonds. The van der Waals surface area contributed by atoms with Gasteiger partial charge < -0.3 is 10.2 Å². The number of nitrogens with zero attached hydrogens (tertiary/aromatic N) is 1. The lowest BCUT2D eigenvalue weighted by Gasteiger charge is -2.13. The molecule has 4 heteroatoms. The maximum Gasteiger partial charge on any atom is 0.211 e. The van der Waals surface area contributed by atoms with Gasteiger partial charge in [0.2, 0.25) is 5.78 Å². The van der Waals surface area contributed by atoms with Gasteiger partial charge in [-0.15, -0.1) is 0 Å². The first-order valence-corrected chi connectivity index (χ1v) is 5.28. The van der Waals surface area contributed by atoms with Crippen LogP contribution in [-0.4, -0.2) is 36.9 Å². The van der Waals surface area contributed by atoms with Gasteiger partial charge in [-0.05, 0) is 37.6 Å². The normalized spacial score (nSPS) is 22.1. The summed E-state index contributed by atoms with van der Waals surface area (Å²) in [5, 5.41) is 0. The van der Waals surface area contributed by atoms with Crippen LogP contribution in [0.1, 0.15) is 17.0 Å². The molecular formula is C11H16N2O2. The summed E-state index contributed by atoms with van der Waals surface area (Å²) in [5.74, 6) is 1.05. The van der Waals surface area contributed by atoms with Crippen molar-refractivity contribution >= 4 is 5.78 Å². The molecule has 15 heavy (non-hydrogen) atoms. The first-order valence-electron chi connectivity index (χ1n) is 5.28. The number of Topliss-reactive ketones (excluding diaryl/α,β-unsaturated/α-hetero) is 1. The highest BCUT2D eigenvalue weighted by Gasteiger charge is 2.23. The van der Waals surface area contributed by atoms with E-state index in [1.54, 1.807) is 12.1 Å². The van der Waals surface area contributed by atoms with E-state index in [1.165, 1.54) is 6.26 Å². The van der Waals surface area contributed by atoms with Crippen molar-refractivity contribution in [2.75, 3.05) is 26.2 Å². The van der Waals surface area contributed by atoms with Crippen molar-refractivity contribution in [2.45, 2.75) is 6.42 Å². The molecule has 0 saturated carbocycles. The van der Waals surface area contributed by atoms with Crippen LogP contribution in [0.4, 0.5) is 0 Å². The molecule has 0 radical (unpaired) electrons. The second-order valence-electron chi connectivity index (χ2n) is 4.03. The van der Waals surface area contributed by atoms with Crippen molar-refractivity contribution in [2.24, 2.45) is 11.7 Å². The zero-order valence-electron chi connectivity index (χ0n) is 8.69. The molecule has 0 aromatic carbocycles. The lowest BCUT2D eigenvalue weighted by atomic mass is 10.1. The summed E-state index contributed by atoms with van der Waals surface area (Å²) >= 11 is 0. The minimum absolute atomic E-state index is 0.0534. The summed E-state index contributed by atoms with van der Waals surface area (Å²) in [6, 6.07) is 3.44. The molecule has 2 rings (SSSR count). The van der Waals surface area contributed by atoms with E-state index in [0.29, 0.717) is 24.8 Å². The van der Waals surface area contributed by atoms with E-state index in [4.69, 9.17) is 10.2 Å². The number of likely N-dealkylation sites (tertiary alicyclic amines) is 1. The number of furan rings is 1. The van der Waals surface area contributed by atoms with Gasteiger partial charge in [-0.25, -0.2) is 0 Å². The smallest absolute Gasteiger partial charge is 0.211 e. The monoisotopic (exact) mass is 208 g/mol. The Morgan fingerprint density at radius 2 is 2.53 bits per heavy atom. The van der Waals surface area contributed by atoms with Gasteiger partial charge in [0.15, 0.2) is 5.76 Å². The second-order valence-corrected chi connectivity index (χ2v) is 4.03. The van der Waals surface area contributed by atoms with Gasteiger partial charge >= 0.3 is 0 Å². The average molecular weight is 208 g/mol. The van der Waals surface area contributed by atoms with Gasteiger partial charge in [0.25, 0.3) is 0 Å². The van der Waals surface area contributed by atoms with Crippen LogP contribution in [0.15, 0.2) is 22.8 Å². The minimum Gasteiger partial charge on any atom is -0.461 e. The van der Waals surface area contributed by atoms with Crippen LogP contribution < -0.4 is 5.73 Å². The maximum absolute atomic E-state index is 11.7. The molecule has 1 aliphatic rings. The predicted octanol–water partition coefficient (Wildman–Crippen LogP) is 0.743. The Morgan fingerprint density at radius 1 is 1.67 bits per heavy atom. The zero-order chi connectivity index (χ0) is 10.7. The van der Waals surface area contributed by atoms with E-state index in [2.05, 4.69) is 4.90 Å². The van der Waals surface area contributed by atoms with E-state index in [1.807, 2.05) is 0 Å². The molecule has 4 nitrogen and oxygen atoms in total. The molecule has 1 saturated heterocycles. The van der Waals surface area contributed by atoms with Gasteiger partial charge in [0.1, 0.15) is 0 Å². The minimum atomic E-state index is 0.0534. The SMILES string of the molecule is NC[C@@H]1CCN(CC(=O)c2ccco2)C1. The van der Waals surface area contributed by atoms with E-state index >= 15 is 0 Å². The van der Waals surface area contributed by atoms with E-state index in [0.717, 1.165) is 19.5 Å². The number of rotatable bonds is 4. The molecule has 1 aromatic rings. The maximum atomic E-state index is 11.7. The van der Waals surface area contributed by atoms with Crippen LogP contribution in [0.2, 0.25) is 0 Å². The van der Waals surface area contributed by atoms with Gasteiger partial charge in [0, 0.05) is 6.54 Å². The number of hydrogen-bond acceptors (Lipinski definition) is 4. The third-order valence-corrected chi connectivity index (χ3v) is 2.87. The summed E-state index contributed by atoms with van der Waals surface area (Å²) in [4.78, 5) is 13.8. The summed E-state index contributed by atoms with van der Waals surface area (Å²) in [6.45, 7) is 3.06. The summed E-state index contributed by atoms with van der Waals surface area (Å²) in [6.07, 6.45) is 2.63. The van der Waals surface area contributed by atoms with Crippen molar-refractivity contribution < 1.29 is 9.21 Å². The molecule has 2 heterocycles. The molecule has 2 N–H and O–H groups in total. The Labute approximate surface area is 89.0 Å². The van der Waals surface area contributed by atoms with Crippen molar-refractivity contribution in [1.82, 2.24) is 4.90 Å². The van der Waals surface area contributed by atoms with Gasteiger partial charge in [0.05, 0.1) is 12.8 Å². The highest BCUT2D eigenvalue weighted by molar-refractivity contribution is 5.95. The zero-order valence-corrected chi connectivity index (χ0v) is 8.69. The molecule has 0 aliphatic carbocycles. The fraction of sp³-hybridized carbons (Fsp3) is 0.545. The van der Waals surface area contributed by atoms with E-state index < -0.39 is 0 Å². The van der Waals surface area contributed by atoms with Crippen molar-refractivity contribution in [1.29, 1.82) is 0 Å². The lowest BCUT2D eigenvalue weighted by Crippen LogP contribution is -2.28. The Bertz CT molecular complexity index is 321. The molecule has 1 atom stereocenters. The molecule has 1 aliphatic heterocycles. The molecular weight excluding hydrogens is 192 g/mol. The molecule has 82 valence electrons. The first-order chi connectivity index (χ1) is 7.29. The van der Waals surface area contributed by atoms with Gasteiger partial charge in [-0.1, -0.05) is 0 Å². The van der Waals surface area contributed by atoms with Crippen LogP contribution >= 0.6 is 0 Å². The van der Waals surface area contributed by atoms with E-state index in [9.17, 15) is 4.79 Å². The number of nitrogens with two attached hydrogens (primary N) is 1. The average Bonchev–Trinajstić information content (AvgIpc) is 2.87. The standard InChI is InChI=1S/C11H16N2O2/c12-6-9-3-4-13(7-9)8-10(14)11-2-1-5-15-11/h1-2,5,9H,3-4,6-8,12H2/t9-/m0/s1. The number of hydrogen-bond donors (Lipinski definition) is 1. The second kappa shape index (κ2) is 4.59. The van der Waals surface area contributed by atoms with Crippen molar-refractivity contribution in [3.8, 4) is 0 Å². The number of ketones is 1. The quantitative estimate of drug-likeness (QED) is 0.741. The summed E-state index contributed by atoms with van der Waals surface area (Å²) in [5.41, 5.74) is 5.59. The Hall–Kier alpha value is -1.13. The van der Waals surface area contributed by atoms with Crippen LogP contribution in [0.5, 0.6) is 0 Å². The number of carbonyl (C=O) groups is 1. The van der Waals surface area contributed by atoms with Gasteiger partial charge in [-0.2, -0.15) is 0 Å². The Morgan fingerprint density at radius 3 is 3.13 bits per heavy atom. The van der Waals surface area contributed by atoms with Gasteiger partial charge in [-0.3, -0.25) is 9.69 Å². The summed E-state index contributed by atoms with van der Waals surface area (Å²) in [7, 11) is 0. The highest BCUT2D eigenvalue weighted by atomic mass is 16.3. The molecule has 1 aromatic heterocycles. The van der Waals surface area contributed by atoms with Crippen LogP contribution in [-0.2, 0) is 0 Å².